The van der Waals surface area contributed by atoms with Crippen molar-refractivity contribution in [2.24, 2.45) is 0 Å². The highest BCUT2D eigenvalue weighted by Gasteiger charge is 2.15. The molecule has 0 aromatic heterocycles. The molecule has 5 heteroatoms. The SMILES string of the molecule is Cc1ccc(N)c(S(=O)(=O)F)c1. The lowest BCUT2D eigenvalue weighted by Gasteiger charge is -2.00. The third-order valence-electron chi connectivity index (χ3n) is 1.43. The molecule has 1 aromatic carbocycles. The lowest BCUT2D eigenvalue weighted by Crippen LogP contribution is -1.98. The van der Waals surface area contributed by atoms with Gasteiger partial charge in [0.05, 0.1) is 5.69 Å². The average molecular weight is 189 g/mol. The van der Waals surface area contributed by atoms with E-state index in [-0.39, 0.29) is 5.69 Å². The van der Waals surface area contributed by atoms with Crippen molar-refractivity contribution in [3.8, 4) is 0 Å². The van der Waals surface area contributed by atoms with E-state index in [0.717, 1.165) is 0 Å². The van der Waals surface area contributed by atoms with Crippen molar-refractivity contribution in [1.29, 1.82) is 0 Å². The monoisotopic (exact) mass is 189 g/mol. The number of nitrogen functional groups attached to an aromatic ring is 1. The highest BCUT2D eigenvalue weighted by atomic mass is 32.3. The van der Waals surface area contributed by atoms with E-state index in [0.29, 0.717) is 5.56 Å². The molecular formula is C7H8FNO2S. The van der Waals surface area contributed by atoms with Crippen LogP contribution in [0.5, 0.6) is 0 Å². The van der Waals surface area contributed by atoms with Gasteiger partial charge < -0.3 is 5.73 Å². The van der Waals surface area contributed by atoms with Crippen LogP contribution in [-0.2, 0) is 10.2 Å². The second kappa shape index (κ2) is 2.75. The van der Waals surface area contributed by atoms with E-state index >= 15 is 0 Å². The summed E-state index contributed by atoms with van der Waals surface area (Å²) in [6.07, 6.45) is 0. The van der Waals surface area contributed by atoms with Crippen molar-refractivity contribution in [1.82, 2.24) is 0 Å². The number of halogens is 1. The number of rotatable bonds is 1. The Hall–Kier alpha value is -1.10. The smallest absolute Gasteiger partial charge is 0.334 e. The number of benzene rings is 1. The Kier molecular flexibility index (Phi) is 2.06. The largest absolute Gasteiger partial charge is 0.398 e. The minimum atomic E-state index is -4.68. The fourth-order valence-corrected chi connectivity index (χ4v) is 1.53. The van der Waals surface area contributed by atoms with Gasteiger partial charge in [-0.1, -0.05) is 6.07 Å². The van der Waals surface area contributed by atoms with E-state index in [1.807, 2.05) is 0 Å². The summed E-state index contributed by atoms with van der Waals surface area (Å²) in [7, 11) is -4.68. The molecule has 0 unspecified atom stereocenters. The summed E-state index contributed by atoms with van der Waals surface area (Å²) in [6, 6.07) is 4.18. The first-order valence-corrected chi connectivity index (χ1v) is 4.60. The van der Waals surface area contributed by atoms with Gasteiger partial charge in [-0.25, -0.2) is 0 Å². The lowest BCUT2D eigenvalue weighted by molar-refractivity contribution is 0.552. The van der Waals surface area contributed by atoms with Crippen LogP contribution >= 0.6 is 0 Å². The molecule has 0 saturated carbocycles. The van der Waals surface area contributed by atoms with Gasteiger partial charge in [0.1, 0.15) is 4.90 Å². The fourth-order valence-electron chi connectivity index (χ4n) is 0.853. The Morgan fingerprint density at radius 2 is 2.00 bits per heavy atom. The topological polar surface area (TPSA) is 60.2 Å². The van der Waals surface area contributed by atoms with Crippen molar-refractivity contribution in [2.45, 2.75) is 11.8 Å². The maximum Gasteiger partial charge on any atom is 0.334 e. The Balaban J connectivity index is 3.43. The van der Waals surface area contributed by atoms with Gasteiger partial charge in [0.2, 0.25) is 0 Å². The average Bonchev–Trinajstić information content (AvgIpc) is 1.92. The molecule has 0 aliphatic rings. The molecule has 66 valence electrons. The van der Waals surface area contributed by atoms with Crippen LogP contribution in [0.2, 0.25) is 0 Å². The van der Waals surface area contributed by atoms with Gasteiger partial charge in [-0.2, -0.15) is 8.42 Å². The Morgan fingerprint density at radius 3 is 2.42 bits per heavy atom. The molecule has 0 saturated heterocycles. The molecule has 3 nitrogen and oxygen atoms in total. The van der Waals surface area contributed by atoms with Crippen LogP contribution in [0, 0.1) is 6.92 Å². The summed E-state index contributed by atoms with van der Waals surface area (Å²) in [5.41, 5.74) is 5.84. The van der Waals surface area contributed by atoms with Gasteiger partial charge in [0.25, 0.3) is 0 Å². The Morgan fingerprint density at radius 1 is 1.42 bits per heavy atom. The first-order valence-electron chi connectivity index (χ1n) is 3.22. The lowest BCUT2D eigenvalue weighted by atomic mass is 10.2. The second-order valence-electron chi connectivity index (χ2n) is 2.48. The van der Waals surface area contributed by atoms with Gasteiger partial charge in [0, 0.05) is 0 Å². The number of anilines is 1. The predicted octanol–water partition coefficient (Wildman–Crippen LogP) is 1.24. The van der Waals surface area contributed by atoms with E-state index in [9.17, 15) is 12.3 Å². The number of hydrogen-bond acceptors (Lipinski definition) is 3. The van der Waals surface area contributed by atoms with E-state index in [1.54, 1.807) is 13.0 Å². The van der Waals surface area contributed by atoms with Gasteiger partial charge in [-0.3, -0.25) is 0 Å². The maximum absolute atomic E-state index is 12.5. The molecule has 0 spiro atoms. The standard InChI is InChI=1S/C7H8FNO2S/c1-5-2-3-6(9)7(4-5)12(8,10)11/h2-4H,9H2,1H3. The summed E-state index contributed by atoms with van der Waals surface area (Å²) in [4.78, 5) is -0.456. The summed E-state index contributed by atoms with van der Waals surface area (Å²) in [5, 5.41) is 0. The third-order valence-corrected chi connectivity index (χ3v) is 2.31. The summed E-state index contributed by atoms with van der Waals surface area (Å²) in [5.74, 6) is 0. The van der Waals surface area contributed by atoms with Crippen LogP contribution in [0.15, 0.2) is 23.1 Å². The molecule has 0 aliphatic heterocycles. The number of nitrogens with two attached hydrogens (primary N) is 1. The zero-order chi connectivity index (χ0) is 9.35. The minimum absolute atomic E-state index is 0.0666. The van der Waals surface area contributed by atoms with Crippen molar-refractivity contribution in [3.63, 3.8) is 0 Å². The number of hydrogen-bond donors (Lipinski definition) is 1. The molecule has 0 heterocycles. The van der Waals surface area contributed by atoms with Crippen LogP contribution in [0.4, 0.5) is 9.57 Å². The van der Waals surface area contributed by atoms with Crippen LogP contribution in [0.3, 0.4) is 0 Å². The summed E-state index contributed by atoms with van der Waals surface area (Å²) < 4.78 is 33.4. The Labute approximate surface area is 70.2 Å². The fraction of sp³-hybridized carbons (Fsp3) is 0.143. The first-order chi connectivity index (χ1) is 5.41. The predicted molar refractivity (Wildman–Crippen MR) is 43.9 cm³/mol. The minimum Gasteiger partial charge on any atom is -0.398 e. The van der Waals surface area contributed by atoms with Crippen LogP contribution in [-0.4, -0.2) is 8.42 Å². The summed E-state index contributed by atoms with van der Waals surface area (Å²) >= 11 is 0. The third kappa shape index (κ3) is 1.73. The highest BCUT2D eigenvalue weighted by molar-refractivity contribution is 7.86. The maximum atomic E-state index is 12.5. The van der Waals surface area contributed by atoms with Gasteiger partial charge in [-0.05, 0) is 24.6 Å². The zero-order valence-electron chi connectivity index (χ0n) is 6.41. The van der Waals surface area contributed by atoms with Crippen LogP contribution < -0.4 is 5.73 Å². The van der Waals surface area contributed by atoms with E-state index < -0.39 is 15.1 Å². The molecule has 0 bridgehead atoms. The summed E-state index contributed by atoms with van der Waals surface area (Å²) in [6.45, 7) is 1.66. The highest BCUT2D eigenvalue weighted by Crippen LogP contribution is 2.21. The molecule has 1 aromatic rings. The van der Waals surface area contributed by atoms with Crippen molar-refractivity contribution < 1.29 is 12.3 Å². The molecule has 0 aliphatic carbocycles. The normalized spacial score (nSPS) is 11.5. The number of aryl methyl sites for hydroxylation is 1. The molecule has 1 rings (SSSR count). The van der Waals surface area contributed by atoms with Crippen LogP contribution in [0.1, 0.15) is 5.56 Å². The van der Waals surface area contributed by atoms with E-state index in [4.69, 9.17) is 5.73 Å². The molecule has 0 amide bonds. The van der Waals surface area contributed by atoms with Crippen LogP contribution in [0.25, 0.3) is 0 Å². The molecule has 0 radical (unpaired) electrons. The van der Waals surface area contributed by atoms with Gasteiger partial charge in [-0.15, -0.1) is 3.89 Å². The second-order valence-corrected chi connectivity index (χ2v) is 3.79. The van der Waals surface area contributed by atoms with Gasteiger partial charge >= 0.3 is 10.2 Å². The van der Waals surface area contributed by atoms with E-state index in [2.05, 4.69) is 0 Å². The zero-order valence-corrected chi connectivity index (χ0v) is 7.23. The van der Waals surface area contributed by atoms with Crippen molar-refractivity contribution in [3.05, 3.63) is 23.8 Å². The Bertz CT molecular complexity index is 400. The molecule has 0 atom stereocenters. The van der Waals surface area contributed by atoms with Gasteiger partial charge in [0.15, 0.2) is 0 Å². The van der Waals surface area contributed by atoms with Crippen molar-refractivity contribution in [2.75, 3.05) is 5.73 Å². The van der Waals surface area contributed by atoms with E-state index in [1.165, 1.54) is 12.1 Å². The molecule has 12 heavy (non-hydrogen) atoms. The molecule has 0 fully saturated rings. The molecule has 2 N–H and O–H groups in total. The molecular weight excluding hydrogens is 181 g/mol. The quantitative estimate of drug-likeness (QED) is 0.534. The first kappa shape index (κ1) is 8.99. The van der Waals surface area contributed by atoms with Crippen molar-refractivity contribution >= 4 is 15.9 Å².